The molecule has 7 heteroatoms. The minimum atomic E-state index is -3.58. The summed E-state index contributed by atoms with van der Waals surface area (Å²) < 4.78 is 26.2. The second kappa shape index (κ2) is 7.41. The third-order valence-corrected chi connectivity index (χ3v) is 4.60. The molecule has 0 radical (unpaired) electrons. The van der Waals surface area contributed by atoms with Gasteiger partial charge in [0.25, 0.3) is 5.91 Å². The van der Waals surface area contributed by atoms with Gasteiger partial charge in [0, 0.05) is 22.8 Å². The highest BCUT2D eigenvalue weighted by atomic mass is 35.5. The van der Waals surface area contributed by atoms with E-state index in [2.05, 4.69) is 16.6 Å². The molecule has 0 saturated heterocycles. The van der Waals surface area contributed by atoms with Gasteiger partial charge in [-0.3, -0.25) is 4.79 Å². The van der Waals surface area contributed by atoms with Crippen LogP contribution in [-0.4, -0.2) is 20.9 Å². The van der Waals surface area contributed by atoms with Crippen LogP contribution in [0.1, 0.15) is 10.4 Å². The van der Waals surface area contributed by atoms with E-state index in [9.17, 15) is 13.2 Å². The third-order valence-electron chi connectivity index (χ3n) is 2.93. The first-order valence-electron chi connectivity index (χ1n) is 6.70. The average molecular weight is 351 g/mol. The van der Waals surface area contributed by atoms with E-state index in [1.54, 1.807) is 24.3 Å². The lowest BCUT2D eigenvalue weighted by molar-refractivity contribution is 0.102. The fraction of sp³-hybridized carbons (Fsp3) is 0.0625. The molecule has 0 atom stereocenters. The monoisotopic (exact) mass is 350 g/mol. The number of halogens is 1. The zero-order valence-electron chi connectivity index (χ0n) is 12.1. The minimum absolute atomic E-state index is 0.111. The number of carbonyl (C=O) groups is 1. The van der Waals surface area contributed by atoms with Crippen LogP contribution in [-0.2, 0) is 10.0 Å². The molecule has 2 aromatic carbocycles. The van der Waals surface area contributed by atoms with Crippen LogP contribution in [0.4, 0.5) is 5.69 Å². The van der Waals surface area contributed by atoms with E-state index in [-0.39, 0.29) is 17.3 Å². The van der Waals surface area contributed by atoms with E-state index in [4.69, 9.17) is 11.6 Å². The van der Waals surface area contributed by atoms with Gasteiger partial charge in [-0.2, -0.15) is 0 Å². The highest BCUT2D eigenvalue weighted by Gasteiger charge is 2.13. The van der Waals surface area contributed by atoms with E-state index in [1.165, 1.54) is 30.3 Å². The van der Waals surface area contributed by atoms with Crippen LogP contribution >= 0.6 is 11.6 Å². The Hall–Kier alpha value is -2.15. The number of anilines is 1. The van der Waals surface area contributed by atoms with Crippen molar-refractivity contribution in [2.24, 2.45) is 0 Å². The molecule has 0 heterocycles. The van der Waals surface area contributed by atoms with Crippen molar-refractivity contribution in [1.82, 2.24) is 4.72 Å². The molecule has 0 aromatic heterocycles. The Balaban J connectivity index is 2.11. The Labute approximate surface area is 140 Å². The van der Waals surface area contributed by atoms with Gasteiger partial charge >= 0.3 is 0 Å². The van der Waals surface area contributed by atoms with Gasteiger partial charge in [0.05, 0.1) is 4.90 Å². The lowest BCUT2D eigenvalue weighted by Crippen LogP contribution is -2.23. The SMILES string of the molecule is C=CCNS(=O)(=O)c1ccc(NC(=O)c2cccc(Cl)c2)cc1. The quantitative estimate of drug-likeness (QED) is 0.786. The first-order chi connectivity index (χ1) is 10.9. The zero-order chi connectivity index (χ0) is 16.9. The Morgan fingerprint density at radius 2 is 1.87 bits per heavy atom. The van der Waals surface area contributed by atoms with Gasteiger partial charge in [-0.25, -0.2) is 13.1 Å². The molecule has 2 N–H and O–H groups in total. The number of hydrogen-bond acceptors (Lipinski definition) is 3. The van der Waals surface area contributed by atoms with E-state index >= 15 is 0 Å². The lowest BCUT2D eigenvalue weighted by atomic mass is 10.2. The number of rotatable bonds is 6. The maximum absolute atomic E-state index is 12.1. The topological polar surface area (TPSA) is 75.3 Å². The average Bonchev–Trinajstić information content (AvgIpc) is 2.53. The van der Waals surface area contributed by atoms with Gasteiger partial charge in [-0.1, -0.05) is 23.7 Å². The van der Waals surface area contributed by atoms with Crippen molar-refractivity contribution in [2.75, 3.05) is 11.9 Å². The summed E-state index contributed by atoms with van der Waals surface area (Å²) in [6, 6.07) is 12.4. The number of carbonyl (C=O) groups excluding carboxylic acids is 1. The van der Waals surface area contributed by atoms with E-state index in [0.29, 0.717) is 16.3 Å². The molecule has 0 aliphatic rings. The normalized spacial score (nSPS) is 11.0. The van der Waals surface area contributed by atoms with Crippen LogP contribution in [0.15, 0.2) is 66.1 Å². The van der Waals surface area contributed by atoms with Gasteiger partial charge in [0.2, 0.25) is 10.0 Å². The number of hydrogen-bond donors (Lipinski definition) is 2. The van der Waals surface area contributed by atoms with Gasteiger partial charge in [0.1, 0.15) is 0 Å². The maximum atomic E-state index is 12.1. The number of benzene rings is 2. The Morgan fingerprint density at radius 1 is 1.17 bits per heavy atom. The fourth-order valence-corrected chi connectivity index (χ4v) is 2.99. The van der Waals surface area contributed by atoms with Gasteiger partial charge in [-0.05, 0) is 42.5 Å². The van der Waals surface area contributed by atoms with Crippen molar-refractivity contribution in [2.45, 2.75) is 4.90 Å². The summed E-state index contributed by atoms with van der Waals surface area (Å²) in [7, 11) is -3.58. The van der Waals surface area contributed by atoms with Crippen LogP contribution in [0.2, 0.25) is 5.02 Å². The molecular weight excluding hydrogens is 336 g/mol. The van der Waals surface area contributed by atoms with Gasteiger partial charge < -0.3 is 5.32 Å². The molecule has 0 fully saturated rings. The highest BCUT2D eigenvalue weighted by Crippen LogP contribution is 2.16. The summed E-state index contributed by atoms with van der Waals surface area (Å²) in [6.45, 7) is 3.60. The molecule has 0 bridgehead atoms. The number of amides is 1. The summed E-state index contributed by atoms with van der Waals surface area (Å²) >= 11 is 5.84. The Bertz CT molecular complexity index is 817. The second-order valence-corrected chi connectivity index (χ2v) is 6.83. The molecule has 0 spiro atoms. The van der Waals surface area contributed by atoms with Gasteiger partial charge in [-0.15, -0.1) is 6.58 Å². The molecule has 0 saturated carbocycles. The van der Waals surface area contributed by atoms with Crippen molar-refractivity contribution in [1.29, 1.82) is 0 Å². The van der Waals surface area contributed by atoms with Crippen LogP contribution in [0.3, 0.4) is 0 Å². The predicted octanol–water partition coefficient (Wildman–Crippen LogP) is 3.06. The van der Waals surface area contributed by atoms with Crippen LogP contribution < -0.4 is 10.0 Å². The number of sulfonamides is 1. The summed E-state index contributed by atoms with van der Waals surface area (Å²) in [5, 5.41) is 3.14. The summed E-state index contributed by atoms with van der Waals surface area (Å²) in [5.74, 6) is -0.326. The fourth-order valence-electron chi connectivity index (χ4n) is 1.80. The molecule has 2 rings (SSSR count). The first kappa shape index (κ1) is 17.2. The Morgan fingerprint density at radius 3 is 2.48 bits per heavy atom. The highest BCUT2D eigenvalue weighted by molar-refractivity contribution is 7.89. The molecule has 23 heavy (non-hydrogen) atoms. The van der Waals surface area contributed by atoms with Crippen molar-refractivity contribution in [3.8, 4) is 0 Å². The smallest absolute Gasteiger partial charge is 0.255 e. The first-order valence-corrected chi connectivity index (χ1v) is 8.56. The van der Waals surface area contributed by atoms with E-state index in [0.717, 1.165) is 0 Å². The number of nitrogens with one attached hydrogen (secondary N) is 2. The third kappa shape index (κ3) is 4.66. The largest absolute Gasteiger partial charge is 0.322 e. The molecule has 2 aromatic rings. The van der Waals surface area contributed by atoms with Crippen LogP contribution in [0, 0.1) is 0 Å². The summed E-state index contributed by atoms with van der Waals surface area (Å²) in [5.41, 5.74) is 0.902. The maximum Gasteiger partial charge on any atom is 0.255 e. The lowest BCUT2D eigenvalue weighted by Gasteiger charge is -2.08. The van der Waals surface area contributed by atoms with E-state index in [1.807, 2.05) is 0 Å². The molecule has 120 valence electrons. The predicted molar refractivity (Wildman–Crippen MR) is 91.2 cm³/mol. The Kier molecular flexibility index (Phi) is 5.54. The van der Waals surface area contributed by atoms with Crippen molar-refractivity contribution < 1.29 is 13.2 Å². The second-order valence-electron chi connectivity index (χ2n) is 4.63. The summed E-state index contributed by atoms with van der Waals surface area (Å²) in [6.07, 6.45) is 1.46. The molecule has 0 aliphatic heterocycles. The van der Waals surface area contributed by atoms with Crippen molar-refractivity contribution in [3.63, 3.8) is 0 Å². The summed E-state index contributed by atoms with van der Waals surface area (Å²) in [4.78, 5) is 12.2. The minimum Gasteiger partial charge on any atom is -0.322 e. The molecule has 0 unspecified atom stereocenters. The molecule has 5 nitrogen and oxygen atoms in total. The van der Waals surface area contributed by atoms with Crippen LogP contribution in [0.5, 0.6) is 0 Å². The van der Waals surface area contributed by atoms with Crippen molar-refractivity contribution in [3.05, 3.63) is 71.8 Å². The van der Waals surface area contributed by atoms with E-state index < -0.39 is 10.0 Å². The standard InChI is InChI=1S/C16H15ClN2O3S/c1-2-10-18-23(21,22)15-8-6-14(7-9-15)19-16(20)12-4-3-5-13(17)11-12/h2-9,11,18H,1,10H2,(H,19,20). The van der Waals surface area contributed by atoms with Crippen molar-refractivity contribution >= 4 is 33.2 Å². The van der Waals surface area contributed by atoms with Gasteiger partial charge in [0.15, 0.2) is 0 Å². The van der Waals surface area contributed by atoms with Crippen LogP contribution in [0.25, 0.3) is 0 Å². The zero-order valence-corrected chi connectivity index (χ0v) is 13.7. The molecular formula is C16H15ClN2O3S. The molecule has 1 amide bonds. The molecule has 0 aliphatic carbocycles.